The van der Waals surface area contributed by atoms with Crippen molar-refractivity contribution < 1.29 is 18.7 Å². The van der Waals surface area contributed by atoms with Crippen LogP contribution in [0.2, 0.25) is 5.02 Å². The van der Waals surface area contributed by atoms with Crippen molar-refractivity contribution in [3.05, 3.63) is 86.8 Å². The zero-order valence-corrected chi connectivity index (χ0v) is 21.3. The highest BCUT2D eigenvalue weighted by atomic mass is 35.5. The highest BCUT2D eigenvalue weighted by Crippen LogP contribution is 2.34. The summed E-state index contributed by atoms with van der Waals surface area (Å²) < 4.78 is 20.0. The fourth-order valence-corrected chi connectivity index (χ4v) is 5.40. The molecule has 0 bridgehead atoms. The summed E-state index contributed by atoms with van der Waals surface area (Å²) in [6.45, 7) is 4.49. The zero-order chi connectivity index (χ0) is 24.9. The van der Waals surface area contributed by atoms with Crippen LogP contribution in [0, 0.1) is 5.82 Å². The molecule has 2 atom stereocenters. The van der Waals surface area contributed by atoms with Gasteiger partial charge in [-0.25, -0.2) is 4.39 Å². The fraction of sp³-hybridized carbons (Fsp3) is 0.333. The maximum absolute atomic E-state index is 14.2. The van der Waals surface area contributed by atoms with E-state index in [9.17, 15) is 14.0 Å². The van der Waals surface area contributed by atoms with Gasteiger partial charge in [-0.2, -0.15) is 0 Å². The van der Waals surface area contributed by atoms with E-state index < -0.39 is 5.82 Å². The molecule has 0 saturated heterocycles. The van der Waals surface area contributed by atoms with Crippen molar-refractivity contribution in [2.24, 2.45) is 0 Å². The average Bonchev–Trinajstić information content (AvgIpc) is 3.35. The van der Waals surface area contributed by atoms with Crippen molar-refractivity contribution in [2.45, 2.75) is 38.8 Å². The third-order valence-electron chi connectivity index (χ3n) is 6.41. The van der Waals surface area contributed by atoms with Crippen molar-refractivity contribution in [1.82, 2.24) is 9.80 Å². The third kappa shape index (κ3) is 5.68. The van der Waals surface area contributed by atoms with Gasteiger partial charge < -0.3 is 14.5 Å². The molecular formula is C27H28ClFN2O3S. The molecule has 35 heavy (non-hydrogen) atoms. The van der Waals surface area contributed by atoms with Crippen LogP contribution in [0.15, 0.2) is 60.0 Å². The number of hydrogen-bond donors (Lipinski definition) is 0. The molecule has 184 valence electrons. The highest BCUT2D eigenvalue weighted by Gasteiger charge is 2.34. The molecule has 1 aliphatic heterocycles. The molecule has 0 aliphatic carbocycles. The summed E-state index contributed by atoms with van der Waals surface area (Å²) in [4.78, 5) is 31.5. The largest absolute Gasteiger partial charge is 0.488 e. The Bertz CT molecular complexity index is 1200. The van der Waals surface area contributed by atoms with Crippen LogP contribution in [-0.2, 0) is 11.2 Å². The number of carbonyl (C=O) groups is 2. The first-order chi connectivity index (χ1) is 16.9. The van der Waals surface area contributed by atoms with Gasteiger partial charge in [0.05, 0.1) is 6.04 Å². The van der Waals surface area contributed by atoms with Crippen LogP contribution in [0.1, 0.15) is 47.1 Å². The molecule has 4 rings (SSSR count). The summed E-state index contributed by atoms with van der Waals surface area (Å²) in [6, 6.07) is 14.5. The summed E-state index contributed by atoms with van der Waals surface area (Å²) in [7, 11) is 0. The van der Waals surface area contributed by atoms with Crippen LogP contribution in [0.4, 0.5) is 4.39 Å². The number of para-hydroxylation sites is 1. The van der Waals surface area contributed by atoms with E-state index in [1.807, 2.05) is 25.3 Å². The number of hydrogen-bond acceptors (Lipinski definition) is 4. The molecular weight excluding hydrogens is 487 g/mol. The predicted molar refractivity (Wildman–Crippen MR) is 137 cm³/mol. The van der Waals surface area contributed by atoms with Crippen molar-refractivity contribution in [3.63, 3.8) is 0 Å². The maximum atomic E-state index is 14.2. The maximum Gasteiger partial charge on any atom is 0.254 e. The van der Waals surface area contributed by atoms with E-state index in [-0.39, 0.29) is 42.8 Å². The fourth-order valence-electron chi connectivity index (χ4n) is 4.28. The summed E-state index contributed by atoms with van der Waals surface area (Å²) in [6.07, 6.45) is 1.44. The summed E-state index contributed by atoms with van der Waals surface area (Å²) in [5.41, 5.74) is 1.46. The summed E-state index contributed by atoms with van der Waals surface area (Å²) in [5.74, 6) is -0.691. The van der Waals surface area contributed by atoms with Gasteiger partial charge in [0.1, 0.15) is 13.2 Å². The Labute approximate surface area is 214 Å². The molecule has 2 heterocycles. The normalized spacial score (nSPS) is 15.9. The second-order valence-electron chi connectivity index (χ2n) is 8.59. The van der Waals surface area contributed by atoms with E-state index >= 15 is 0 Å². The van der Waals surface area contributed by atoms with Crippen molar-refractivity contribution in [2.75, 3.05) is 19.7 Å². The lowest BCUT2D eigenvalue weighted by Gasteiger charge is -2.38. The van der Waals surface area contributed by atoms with Gasteiger partial charge in [-0.3, -0.25) is 9.59 Å². The molecule has 2 aromatic carbocycles. The number of nitrogens with zero attached hydrogens (tertiary/aromatic N) is 2. The van der Waals surface area contributed by atoms with Gasteiger partial charge in [-0.1, -0.05) is 36.7 Å². The van der Waals surface area contributed by atoms with E-state index in [1.54, 1.807) is 63.6 Å². The Balaban J connectivity index is 1.56. The van der Waals surface area contributed by atoms with E-state index in [0.29, 0.717) is 23.6 Å². The number of ether oxygens (including phenoxy) is 1. The molecule has 2 unspecified atom stereocenters. The van der Waals surface area contributed by atoms with Gasteiger partial charge in [0.15, 0.2) is 11.6 Å². The van der Waals surface area contributed by atoms with Crippen molar-refractivity contribution in [1.29, 1.82) is 0 Å². The molecule has 5 nitrogen and oxygen atoms in total. The van der Waals surface area contributed by atoms with E-state index in [4.69, 9.17) is 16.3 Å². The number of thiophene rings is 1. The summed E-state index contributed by atoms with van der Waals surface area (Å²) in [5, 5.41) is 2.47. The molecule has 1 aliphatic rings. The van der Waals surface area contributed by atoms with Crippen LogP contribution in [0.3, 0.4) is 0 Å². The standard InChI is InChI=1S/C27H28ClFN2O3S/c1-3-18(2)31(27(33)19-7-6-8-20(28)15-19)16-26(32)30-13-11-25-21(12-14-35-25)23(30)17-34-24-10-5-4-9-22(24)29/h4-10,12,14-15,18,23H,3,11,13,16-17H2,1-2H3. The first-order valence-corrected chi connectivity index (χ1v) is 12.9. The lowest BCUT2D eigenvalue weighted by Crippen LogP contribution is -2.49. The van der Waals surface area contributed by atoms with Gasteiger partial charge in [-0.15, -0.1) is 11.3 Å². The number of amides is 2. The van der Waals surface area contributed by atoms with Crippen LogP contribution < -0.4 is 4.74 Å². The second kappa shape index (κ2) is 11.2. The van der Waals surface area contributed by atoms with E-state index in [2.05, 4.69) is 0 Å². The van der Waals surface area contributed by atoms with E-state index in [1.165, 1.54) is 10.9 Å². The van der Waals surface area contributed by atoms with Crippen molar-refractivity contribution >= 4 is 34.8 Å². The number of halogens is 2. The third-order valence-corrected chi connectivity index (χ3v) is 7.64. The quantitative estimate of drug-likeness (QED) is 0.371. The minimum atomic E-state index is -0.443. The minimum absolute atomic E-state index is 0.0595. The molecule has 0 fully saturated rings. The molecule has 8 heteroatoms. The van der Waals surface area contributed by atoms with Crippen molar-refractivity contribution in [3.8, 4) is 5.75 Å². The molecule has 1 aromatic heterocycles. The summed E-state index contributed by atoms with van der Waals surface area (Å²) >= 11 is 7.75. The average molecular weight is 515 g/mol. The Morgan fingerprint density at radius 3 is 2.77 bits per heavy atom. The van der Waals surface area contributed by atoms with Gasteiger partial charge >= 0.3 is 0 Å². The highest BCUT2D eigenvalue weighted by molar-refractivity contribution is 7.10. The zero-order valence-electron chi connectivity index (χ0n) is 19.7. The smallest absolute Gasteiger partial charge is 0.254 e. The van der Waals surface area contributed by atoms with Crippen LogP contribution in [0.5, 0.6) is 5.75 Å². The van der Waals surface area contributed by atoms with Gasteiger partial charge in [0.2, 0.25) is 5.91 Å². The Kier molecular flexibility index (Phi) is 8.08. The Morgan fingerprint density at radius 1 is 1.23 bits per heavy atom. The molecule has 0 spiro atoms. The van der Waals surface area contributed by atoms with Crippen LogP contribution >= 0.6 is 22.9 Å². The SMILES string of the molecule is CCC(C)N(CC(=O)N1CCc2sccc2C1COc1ccccc1F)C(=O)c1cccc(Cl)c1. The Hall–Kier alpha value is -2.90. The first-order valence-electron chi connectivity index (χ1n) is 11.7. The molecule has 0 N–H and O–H groups in total. The topological polar surface area (TPSA) is 49.9 Å². The second-order valence-corrected chi connectivity index (χ2v) is 10.0. The van der Waals surface area contributed by atoms with Crippen LogP contribution in [0.25, 0.3) is 0 Å². The molecule has 3 aromatic rings. The number of rotatable bonds is 8. The lowest BCUT2D eigenvalue weighted by molar-refractivity contribution is -0.136. The number of fused-ring (bicyclic) bond motifs is 1. The monoisotopic (exact) mass is 514 g/mol. The molecule has 0 radical (unpaired) electrons. The van der Waals surface area contributed by atoms with Gasteiger partial charge in [0, 0.05) is 28.0 Å². The Morgan fingerprint density at radius 2 is 2.03 bits per heavy atom. The molecule has 0 saturated carbocycles. The van der Waals surface area contributed by atoms with Gasteiger partial charge in [-0.05, 0) is 67.1 Å². The van der Waals surface area contributed by atoms with E-state index in [0.717, 1.165) is 12.0 Å². The minimum Gasteiger partial charge on any atom is -0.488 e. The van der Waals surface area contributed by atoms with Gasteiger partial charge in [0.25, 0.3) is 5.91 Å². The number of carbonyl (C=O) groups excluding carboxylic acids is 2. The molecule has 2 amide bonds. The van der Waals surface area contributed by atoms with Crippen LogP contribution in [-0.4, -0.2) is 47.4 Å². The first kappa shape index (κ1) is 25.2. The number of benzene rings is 2. The predicted octanol–water partition coefficient (Wildman–Crippen LogP) is 5.99. The lowest BCUT2D eigenvalue weighted by atomic mass is 10.00.